The maximum absolute atomic E-state index is 12.9. The third kappa shape index (κ3) is 8.26. The SMILES string of the molecule is CN=C(NCC(C1CC1)N(C)C)N1CCC(N(CC2CC2)C(=O)OC(C)(C)C)CC1.I. The highest BCUT2D eigenvalue weighted by molar-refractivity contribution is 14.0. The molecule has 1 N–H and O–H groups in total. The van der Waals surface area contributed by atoms with Gasteiger partial charge in [-0.05, 0) is 85.2 Å². The van der Waals surface area contributed by atoms with Gasteiger partial charge in [-0.2, -0.15) is 0 Å². The van der Waals surface area contributed by atoms with Crippen LogP contribution in [0.15, 0.2) is 4.99 Å². The second-order valence-corrected chi connectivity index (χ2v) is 10.6. The summed E-state index contributed by atoms with van der Waals surface area (Å²) < 4.78 is 5.73. The van der Waals surface area contributed by atoms with Crippen molar-refractivity contribution < 1.29 is 9.53 Å². The molecule has 1 saturated heterocycles. The number of likely N-dealkylation sites (N-methyl/N-ethyl adjacent to an activating group) is 1. The van der Waals surface area contributed by atoms with E-state index in [1.54, 1.807) is 0 Å². The van der Waals surface area contributed by atoms with E-state index >= 15 is 0 Å². The Balaban J connectivity index is 0.00000341. The number of piperidine rings is 1. The fourth-order valence-corrected chi connectivity index (χ4v) is 4.44. The molecule has 0 aromatic rings. The van der Waals surface area contributed by atoms with Crippen LogP contribution in [0.1, 0.15) is 59.3 Å². The van der Waals surface area contributed by atoms with Gasteiger partial charge in [0.15, 0.2) is 5.96 Å². The fraction of sp³-hybridized carbons (Fsp3) is 0.913. The van der Waals surface area contributed by atoms with E-state index in [0.29, 0.717) is 12.0 Å². The summed E-state index contributed by atoms with van der Waals surface area (Å²) in [6.07, 6.45) is 6.95. The van der Waals surface area contributed by atoms with Crippen molar-refractivity contribution in [3.63, 3.8) is 0 Å². The molecule has 1 heterocycles. The van der Waals surface area contributed by atoms with Gasteiger partial charge in [-0.3, -0.25) is 4.99 Å². The Labute approximate surface area is 206 Å². The molecule has 3 fully saturated rings. The van der Waals surface area contributed by atoms with Crippen molar-refractivity contribution in [3.8, 4) is 0 Å². The van der Waals surface area contributed by atoms with E-state index in [2.05, 4.69) is 34.2 Å². The summed E-state index contributed by atoms with van der Waals surface area (Å²) in [6, 6.07) is 0.830. The van der Waals surface area contributed by atoms with E-state index in [0.717, 1.165) is 50.9 Å². The summed E-state index contributed by atoms with van der Waals surface area (Å²) in [7, 11) is 6.21. The molecule has 0 spiro atoms. The number of guanidine groups is 1. The number of ether oxygens (including phenoxy) is 1. The van der Waals surface area contributed by atoms with Crippen LogP contribution in [0.2, 0.25) is 0 Å². The molecule has 0 bridgehead atoms. The molecule has 180 valence electrons. The van der Waals surface area contributed by atoms with Crippen molar-refractivity contribution in [2.45, 2.75) is 77.0 Å². The summed E-state index contributed by atoms with van der Waals surface area (Å²) in [5.74, 6) is 2.48. The Morgan fingerprint density at radius 3 is 2.19 bits per heavy atom. The van der Waals surface area contributed by atoms with E-state index in [1.807, 2.05) is 32.7 Å². The summed E-state index contributed by atoms with van der Waals surface area (Å²) in [5, 5.41) is 3.61. The molecule has 0 radical (unpaired) electrons. The second kappa shape index (κ2) is 11.4. The number of halogens is 1. The van der Waals surface area contributed by atoms with Gasteiger partial charge in [0.2, 0.25) is 0 Å². The van der Waals surface area contributed by atoms with Crippen molar-refractivity contribution in [2.24, 2.45) is 16.8 Å². The highest BCUT2D eigenvalue weighted by Gasteiger charge is 2.36. The number of nitrogens with zero attached hydrogens (tertiary/aromatic N) is 4. The van der Waals surface area contributed by atoms with Crippen molar-refractivity contribution >= 4 is 36.0 Å². The maximum atomic E-state index is 12.9. The number of amides is 1. The smallest absolute Gasteiger partial charge is 0.410 e. The Kier molecular flexibility index (Phi) is 9.73. The molecular formula is C23H44IN5O2. The standard InChI is InChI=1S/C23H43N5O2.HI/c1-23(2,3)30-22(29)28(16-17-7-8-17)19-11-13-27(14-12-19)21(24-4)25-15-20(26(5)6)18-9-10-18;/h17-20H,7-16H2,1-6H3,(H,24,25);1H. The number of carbonyl (C=O) groups is 1. The zero-order chi connectivity index (χ0) is 21.9. The minimum Gasteiger partial charge on any atom is -0.444 e. The predicted octanol–water partition coefficient (Wildman–Crippen LogP) is 3.63. The number of hydrogen-bond acceptors (Lipinski definition) is 4. The molecule has 31 heavy (non-hydrogen) atoms. The Morgan fingerprint density at radius 1 is 1.13 bits per heavy atom. The van der Waals surface area contributed by atoms with Crippen LogP contribution in [0.25, 0.3) is 0 Å². The van der Waals surface area contributed by atoms with Crippen molar-refractivity contribution in [1.29, 1.82) is 0 Å². The lowest BCUT2D eigenvalue weighted by atomic mass is 10.0. The molecule has 1 atom stereocenters. The van der Waals surface area contributed by atoms with Crippen LogP contribution in [-0.2, 0) is 4.74 Å². The normalized spacial score (nSPS) is 21.5. The van der Waals surface area contributed by atoms with Gasteiger partial charge in [0, 0.05) is 45.3 Å². The van der Waals surface area contributed by atoms with E-state index in [1.165, 1.54) is 25.7 Å². The zero-order valence-electron chi connectivity index (χ0n) is 20.4. The first-order valence-corrected chi connectivity index (χ1v) is 11.8. The molecule has 1 aliphatic heterocycles. The van der Waals surface area contributed by atoms with E-state index < -0.39 is 5.60 Å². The summed E-state index contributed by atoms with van der Waals surface area (Å²) in [5.41, 5.74) is -0.448. The van der Waals surface area contributed by atoms with Crippen LogP contribution in [0.5, 0.6) is 0 Å². The number of hydrogen-bond donors (Lipinski definition) is 1. The minimum absolute atomic E-state index is 0. The Morgan fingerprint density at radius 2 is 1.74 bits per heavy atom. The zero-order valence-corrected chi connectivity index (χ0v) is 22.7. The molecule has 2 aliphatic carbocycles. The molecule has 0 aromatic heterocycles. The summed E-state index contributed by atoms with van der Waals surface area (Å²) >= 11 is 0. The van der Waals surface area contributed by atoms with Gasteiger partial charge >= 0.3 is 6.09 Å². The first-order chi connectivity index (χ1) is 14.2. The largest absolute Gasteiger partial charge is 0.444 e. The van der Waals surface area contributed by atoms with Crippen LogP contribution in [0.3, 0.4) is 0 Å². The minimum atomic E-state index is -0.448. The number of nitrogens with one attached hydrogen (secondary N) is 1. The Hall–Kier alpha value is -0.770. The van der Waals surface area contributed by atoms with Crippen LogP contribution >= 0.6 is 24.0 Å². The van der Waals surface area contributed by atoms with E-state index in [9.17, 15) is 4.79 Å². The molecule has 1 unspecified atom stereocenters. The van der Waals surface area contributed by atoms with Crippen molar-refractivity contribution in [3.05, 3.63) is 0 Å². The predicted molar refractivity (Wildman–Crippen MR) is 137 cm³/mol. The highest BCUT2D eigenvalue weighted by Crippen LogP contribution is 2.34. The van der Waals surface area contributed by atoms with Gasteiger partial charge in [0.25, 0.3) is 0 Å². The Bertz CT molecular complexity index is 604. The first kappa shape index (κ1) is 26.5. The average molecular weight is 550 g/mol. The number of aliphatic imine (C=N–C) groups is 1. The lowest BCUT2D eigenvalue weighted by Crippen LogP contribution is -2.54. The average Bonchev–Trinajstić information content (AvgIpc) is 3.57. The first-order valence-electron chi connectivity index (χ1n) is 11.8. The lowest BCUT2D eigenvalue weighted by molar-refractivity contribution is 0.00927. The van der Waals surface area contributed by atoms with Crippen LogP contribution in [0, 0.1) is 11.8 Å². The molecule has 7 nitrogen and oxygen atoms in total. The molecule has 0 aromatic carbocycles. The maximum Gasteiger partial charge on any atom is 0.410 e. The lowest BCUT2D eigenvalue weighted by Gasteiger charge is -2.40. The van der Waals surface area contributed by atoms with Crippen molar-refractivity contribution in [2.75, 3.05) is 47.3 Å². The summed E-state index contributed by atoms with van der Waals surface area (Å²) in [4.78, 5) is 24.1. The number of likely N-dealkylation sites (tertiary alicyclic amines) is 1. The molecule has 1 amide bonds. The van der Waals surface area contributed by atoms with E-state index in [-0.39, 0.29) is 36.1 Å². The second-order valence-electron chi connectivity index (χ2n) is 10.6. The summed E-state index contributed by atoms with van der Waals surface area (Å²) in [6.45, 7) is 9.46. The van der Waals surface area contributed by atoms with Gasteiger partial charge in [-0.25, -0.2) is 4.79 Å². The topological polar surface area (TPSA) is 60.4 Å². The van der Waals surface area contributed by atoms with Gasteiger partial charge < -0.3 is 24.8 Å². The molecule has 3 rings (SSSR count). The molecule has 8 heteroatoms. The van der Waals surface area contributed by atoms with Gasteiger partial charge in [-0.1, -0.05) is 0 Å². The number of carbonyl (C=O) groups excluding carboxylic acids is 1. The van der Waals surface area contributed by atoms with Gasteiger partial charge in [0.1, 0.15) is 5.60 Å². The molecule has 2 saturated carbocycles. The highest BCUT2D eigenvalue weighted by atomic mass is 127. The third-order valence-corrected chi connectivity index (χ3v) is 6.50. The van der Waals surface area contributed by atoms with E-state index in [4.69, 9.17) is 4.74 Å². The van der Waals surface area contributed by atoms with Gasteiger partial charge in [-0.15, -0.1) is 24.0 Å². The quantitative estimate of drug-likeness (QED) is 0.299. The molecular weight excluding hydrogens is 505 g/mol. The van der Waals surface area contributed by atoms with Crippen molar-refractivity contribution in [1.82, 2.24) is 20.0 Å². The molecule has 3 aliphatic rings. The van der Waals surface area contributed by atoms with Crippen LogP contribution in [0.4, 0.5) is 4.79 Å². The van der Waals surface area contributed by atoms with Crippen LogP contribution < -0.4 is 5.32 Å². The van der Waals surface area contributed by atoms with Gasteiger partial charge in [0.05, 0.1) is 0 Å². The van der Waals surface area contributed by atoms with Crippen LogP contribution in [-0.4, -0.2) is 91.8 Å². The third-order valence-electron chi connectivity index (χ3n) is 6.50. The fourth-order valence-electron chi connectivity index (χ4n) is 4.44. The number of rotatable bonds is 7. The monoisotopic (exact) mass is 549 g/mol.